The number of ether oxygens (including phenoxy) is 1. The molecule has 0 aromatic heterocycles. The second kappa shape index (κ2) is 8.36. The Morgan fingerprint density at radius 2 is 1.96 bits per heavy atom. The molecule has 1 aromatic carbocycles. The van der Waals surface area contributed by atoms with Gasteiger partial charge >= 0.3 is 0 Å². The van der Waals surface area contributed by atoms with Gasteiger partial charge in [0, 0.05) is 13.2 Å². The molecule has 0 heterocycles. The summed E-state index contributed by atoms with van der Waals surface area (Å²) >= 11 is 0. The smallest absolute Gasteiger partial charge is 0.115 e. The first-order valence-electron chi connectivity index (χ1n) is 11.6. The van der Waals surface area contributed by atoms with E-state index in [0.717, 1.165) is 32.5 Å². The summed E-state index contributed by atoms with van der Waals surface area (Å²) in [7, 11) is 0. The van der Waals surface area contributed by atoms with Crippen LogP contribution in [0.2, 0.25) is 0 Å². The average Bonchev–Trinajstić information content (AvgIpc) is 2.99. The van der Waals surface area contributed by atoms with Crippen LogP contribution in [-0.2, 0) is 4.74 Å². The highest BCUT2D eigenvalue weighted by Crippen LogP contribution is 2.62. The number of aromatic hydroxyl groups is 1. The van der Waals surface area contributed by atoms with Crippen LogP contribution in [0.4, 0.5) is 0 Å². The van der Waals surface area contributed by atoms with E-state index >= 15 is 0 Å². The molecule has 0 saturated heterocycles. The summed E-state index contributed by atoms with van der Waals surface area (Å²) in [4.78, 5) is 0. The first kappa shape index (κ1) is 20.2. The van der Waals surface area contributed by atoms with Crippen molar-refractivity contribution < 1.29 is 14.9 Å². The van der Waals surface area contributed by atoms with Gasteiger partial charge in [0.1, 0.15) is 5.75 Å². The van der Waals surface area contributed by atoms with E-state index in [1.807, 2.05) is 12.1 Å². The molecule has 3 aliphatic rings. The maximum Gasteiger partial charge on any atom is 0.115 e. The maximum atomic E-state index is 10.7. The Bertz CT molecular complexity index is 672. The van der Waals surface area contributed by atoms with Crippen molar-refractivity contribution in [2.45, 2.75) is 89.6 Å². The summed E-state index contributed by atoms with van der Waals surface area (Å²) in [6, 6.07) is 6.14. The zero-order chi connectivity index (χ0) is 19.7. The van der Waals surface area contributed by atoms with Crippen LogP contribution >= 0.6 is 0 Å². The van der Waals surface area contributed by atoms with Gasteiger partial charge in [0.05, 0.1) is 6.10 Å². The monoisotopic (exact) mass is 386 g/mol. The summed E-state index contributed by atoms with van der Waals surface area (Å²) in [5.74, 6) is 2.93. The summed E-state index contributed by atoms with van der Waals surface area (Å²) in [5.41, 5.74) is 3.03. The summed E-state index contributed by atoms with van der Waals surface area (Å²) < 4.78 is 5.48. The Morgan fingerprint density at radius 1 is 1.11 bits per heavy atom. The van der Waals surface area contributed by atoms with Gasteiger partial charge in [0.25, 0.3) is 0 Å². The molecule has 6 atom stereocenters. The standard InChI is InChI=1S/C25H38O3/c1-3-28-14-6-4-5-7-17-15-22-20(19-9-8-18(26)16-21(17)19)12-13-25(2)23(22)10-11-24(25)27/h8-9,16-17,20,22-24,26-27H,3-7,10-15H2,1-2H3/t17?,20-,22-,23+,24?,25+/m1/s1. The number of hydrogen-bond donors (Lipinski definition) is 2. The Labute approximate surface area is 170 Å². The molecule has 2 saturated carbocycles. The molecule has 3 nitrogen and oxygen atoms in total. The van der Waals surface area contributed by atoms with Gasteiger partial charge < -0.3 is 14.9 Å². The first-order valence-corrected chi connectivity index (χ1v) is 11.6. The molecule has 1 aromatic rings. The summed E-state index contributed by atoms with van der Waals surface area (Å²) in [6.45, 7) is 6.09. The number of phenolic OH excluding ortho intramolecular Hbond substituents is 1. The van der Waals surface area contributed by atoms with E-state index in [1.165, 1.54) is 49.7 Å². The summed E-state index contributed by atoms with van der Waals surface area (Å²) in [6.07, 6.45) is 10.4. The highest BCUT2D eigenvalue weighted by atomic mass is 16.5. The topological polar surface area (TPSA) is 49.7 Å². The molecule has 3 aliphatic carbocycles. The van der Waals surface area contributed by atoms with Crippen molar-refractivity contribution in [2.75, 3.05) is 13.2 Å². The SMILES string of the molecule is CCOCCCCCC1C[C@@H]2[C@H](CC[C@]3(C)C(O)CC[C@@H]23)c2ccc(O)cc21. The fraction of sp³-hybridized carbons (Fsp3) is 0.760. The van der Waals surface area contributed by atoms with Crippen molar-refractivity contribution in [3.05, 3.63) is 29.3 Å². The number of hydrogen-bond acceptors (Lipinski definition) is 3. The molecule has 2 fully saturated rings. The van der Waals surface area contributed by atoms with Gasteiger partial charge in [-0.3, -0.25) is 0 Å². The zero-order valence-corrected chi connectivity index (χ0v) is 17.7. The quantitative estimate of drug-likeness (QED) is 0.587. The molecule has 28 heavy (non-hydrogen) atoms. The minimum absolute atomic E-state index is 0.114. The number of benzene rings is 1. The van der Waals surface area contributed by atoms with E-state index < -0.39 is 0 Å². The zero-order valence-electron chi connectivity index (χ0n) is 17.7. The second-order valence-electron chi connectivity index (χ2n) is 9.81. The normalized spacial score (nSPS) is 36.6. The fourth-order valence-corrected chi connectivity index (χ4v) is 6.87. The Kier molecular flexibility index (Phi) is 6.04. The highest BCUT2D eigenvalue weighted by molar-refractivity contribution is 5.42. The van der Waals surface area contributed by atoms with Crippen LogP contribution in [0.25, 0.3) is 0 Å². The Morgan fingerprint density at radius 3 is 2.79 bits per heavy atom. The molecule has 2 unspecified atom stereocenters. The van der Waals surface area contributed by atoms with Gasteiger partial charge in [-0.05, 0) is 104 Å². The average molecular weight is 387 g/mol. The number of unbranched alkanes of at least 4 members (excludes halogenated alkanes) is 2. The van der Waals surface area contributed by atoms with Gasteiger partial charge in [-0.15, -0.1) is 0 Å². The predicted octanol–water partition coefficient (Wildman–Crippen LogP) is 5.75. The van der Waals surface area contributed by atoms with Gasteiger partial charge in [-0.25, -0.2) is 0 Å². The highest BCUT2D eigenvalue weighted by Gasteiger charge is 2.55. The number of rotatable bonds is 7. The molecule has 0 amide bonds. The van der Waals surface area contributed by atoms with Crippen LogP contribution in [0.3, 0.4) is 0 Å². The van der Waals surface area contributed by atoms with Crippen LogP contribution in [0, 0.1) is 17.3 Å². The predicted molar refractivity (Wildman–Crippen MR) is 113 cm³/mol. The van der Waals surface area contributed by atoms with Crippen LogP contribution in [0.5, 0.6) is 5.75 Å². The van der Waals surface area contributed by atoms with Crippen LogP contribution in [0.15, 0.2) is 18.2 Å². The van der Waals surface area contributed by atoms with E-state index in [2.05, 4.69) is 19.9 Å². The van der Waals surface area contributed by atoms with Crippen molar-refractivity contribution in [1.82, 2.24) is 0 Å². The molecule has 0 radical (unpaired) electrons. The molecule has 0 bridgehead atoms. The van der Waals surface area contributed by atoms with Crippen LogP contribution < -0.4 is 0 Å². The lowest BCUT2D eigenvalue weighted by molar-refractivity contribution is -0.0252. The van der Waals surface area contributed by atoms with Crippen LogP contribution in [-0.4, -0.2) is 29.5 Å². The van der Waals surface area contributed by atoms with Gasteiger partial charge in [0.15, 0.2) is 0 Å². The molecule has 2 N–H and O–H groups in total. The number of fused-ring (bicyclic) bond motifs is 5. The third kappa shape index (κ3) is 3.61. The minimum Gasteiger partial charge on any atom is -0.508 e. The number of phenols is 1. The largest absolute Gasteiger partial charge is 0.508 e. The molecular formula is C25H38O3. The number of aliphatic hydroxyl groups is 1. The van der Waals surface area contributed by atoms with E-state index in [-0.39, 0.29) is 11.5 Å². The Balaban J connectivity index is 1.52. The maximum absolute atomic E-state index is 10.7. The van der Waals surface area contributed by atoms with E-state index in [0.29, 0.717) is 29.4 Å². The van der Waals surface area contributed by atoms with E-state index in [9.17, 15) is 10.2 Å². The van der Waals surface area contributed by atoms with Crippen molar-refractivity contribution in [2.24, 2.45) is 17.3 Å². The van der Waals surface area contributed by atoms with Gasteiger partial charge in [-0.1, -0.05) is 25.8 Å². The van der Waals surface area contributed by atoms with E-state index in [1.54, 1.807) is 0 Å². The second-order valence-corrected chi connectivity index (χ2v) is 9.81. The lowest BCUT2D eigenvalue weighted by atomic mass is 9.53. The fourth-order valence-electron chi connectivity index (χ4n) is 6.87. The third-order valence-corrected chi connectivity index (χ3v) is 8.40. The van der Waals surface area contributed by atoms with E-state index in [4.69, 9.17) is 4.74 Å². The van der Waals surface area contributed by atoms with Crippen molar-refractivity contribution in [3.8, 4) is 5.75 Å². The van der Waals surface area contributed by atoms with Gasteiger partial charge in [0.2, 0.25) is 0 Å². The molecule has 156 valence electrons. The molecule has 0 spiro atoms. The molecule has 0 aliphatic heterocycles. The molecule has 3 heteroatoms. The van der Waals surface area contributed by atoms with Crippen molar-refractivity contribution in [3.63, 3.8) is 0 Å². The Hall–Kier alpha value is -1.06. The minimum atomic E-state index is -0.114. The molecule has 4 rings (SSSR count). The summed E-state index contributed by atoms with van der Waals surface area (Å²) in [5, 5.41) is 20.8. The number of aliphatic hydroxyl groups excluding tert-OH is 1. The van der Waals surface area contributed by atoms with Gasteiger partial charge in [-0.2, -0.15) is 0 Å². The lowest BCUT2D eigenvalue weighted by Crippen LogP contribution is -2.44. The molecular weight excluding hydrogens is 348 g/mol. The lowest BCUT2D eigenvalue weighted by Gasteiger charge is -2.51. The first-order chi connectivity index (χ1) is 13.5. The van der Waals surface area contributed by atoms with Crippen molar-refractivity contribution in [1.29, 1.82) is 0 Å². The van der Waals surface area contributed by atoms with Crippen molar-refractivity contribution >= 4 is 0 Å². The van der Waals surface area contributed by atoms with Crippen LogP contribution in [0.1, 0.15) is 94.6 Å². The third-order valence-electron chi connectivity index (χ3n) is 8.40.